The van der Waals surface area contributed by atoms with Crippen LogP contribution in [0.5, 0.6) is 0 Å². The van der Waals surface area contributed by atoms with Gasteiger partial charge in [0.1, 0.15) is 0 Å². The normalized spacial score (nSPS) is 11.0. The summed E-state index contributed by atoms with van der Waals surface area (Å²) >= 11 is 0. The quantitative estimate of drug-likeness (QED) is 0.872. The van der Waals surface area contributed by atoms with Gasteiger partial charge in [0.2, 0.25) is 5.91 Å². The van der Waals surface area contributed by atoms with Gasteiger partial charge in [-0.3, -0.25) is 4.79 Å². The van der Waals surface area contributed by atoms with E-state index in [1.165, 1.54) is 17.0 Å². The van der Waals surface area contributed by atoms with Crippen molar-refractivity contribution in [3.05, 3.63) is 35.4 Å². The predicted octanol–water partition coefficient (Wildman–Crippen LogP) is 1.98. The molecule has 1 aromatic carbocycles. The number of nitrogens with zero attached hydrogens (tertiary/aromatic N) is 1. The Labute approximate surface area is 126 Å². The molecule has 0 aliphatic heterocycles. The molecule has 0 heterocycles. The molecule has 0 saturated heterocycles. The van der Waals surface area contributed by atoms with Crippen LogP contribution in [-0.4, -0.2) is 37.5 Å². The molecule has 0 aromatic heterocycles. The fourth-order valence-electron chi connectivity index (χ4n) is 1.56. The van der Waals surface area contributed by atoms with E-state index in [2.05, 4.69) is 10.6 Å². The molecule has 5 nitrogen and oxygen atoms in total. The van der Waals surface area contributed by atoms with E-state index in [9.17, 15) is 22.8 Å². The molecule has 0 atom stereocenters. The summed E-state index contributed by atoms with van der Waals surface area (Å²) in [4.78, 5) is 24.2. The average molecular weight is 317 g/mol. The van der Waals surface area contributed by atoms with Crippen molar-refractivity contribution in [2.24, 2.45) is 0 Å². The van der Waals surface area contributed by atoms with Crippen molar-refractivity contribution in [3.8, 4) is 0 Å². The summed E-state index contributed by atoms with van der Waals surface area (Å²) in [5.41, 5.74) is -0.185. The maximum Gasteiger partial charge on any atom is 0.416 e. The number of rotatable bonds is 5. The van der Waals surface area contributed by atoms with Gasteiger partial charge < -0.3 is 15.5 Å². The van der Waals surface area contributed by atoms with Gasteiger partial charge in [-0.25, -0.2) is 4.79 Å². The Kier molecular flexibility index (Phi) is 6.21. The minimum Gasteiger partial charge on any atom is -0.349 e. The minimum absolute atomic E-state index is 0.103. The molecule has 3 amide bonds. The van der Waals surface area contributed by atoms with Gasteiger partial charge in [0, 0.05) is 33.6 Å². The molecule has 22 heavy (non-hydrogen) atoms. The summed E-state index contributed by atoms with van der Waals surface area (Å²) in [6, 6.07) is 4.05. The molecule has 1 rings (SSSR count). The standard InChI is InChI=1S/C14H18F3N3O2/c1-20(2)12(21)7-8-18-13(22)19-9-10-3-5-11(6-4-10)14(15,16)17/h3-6H,7-9H2,1-2H3,(H2,18,19,22). The van der Waals surface area contributed by atoms with Gasteiger partial charge in [0.05, 0.1) is 5.56 Å². The fraction of sp³-hybridized carbons (Fsp3) is 0.429. The van der Waals surface area contributed by atoms with Crippen LogP contribution in [0.4, 0.5) is 18.0 Å². The SMILES string of the molecule is CN(C)C(=O)CCNC(=O)NCc1ccc(C(F)(F)F)cc1. The monoisotopic (exact) mass is 317 g/mol. The second kappa shape index (κ2) is 7.67. The molecular formula is C14H18F3N3O2. The first-order chi connectivity index (χ1) is 10.2. The van der Waals surface area contributed by atoms with E-state index < -0.39 is 17.8 Å². The first-order valence-electron chi connectivity index (χ1n) is 6.58. The van der Waals surface area contributed by atoms with Crippen molar-refractivity contribution in [1.29, 1.82) is 0 Å². The van der Waals surface area contributed by atoms with Crippen molar-refractivity contribution < 1.29 is 22.8 Å². The number of carbonyl (C=O) groups excluding carboxylic acids is 2. The second-order valence-corrected chi connectivity index (χ2v) is 4.84. The number of benzene rings is 1. The fourth-order valence-corrected chi connectivity index (χ4v) is 1.56. The Morgan fingerprint density at radius 3 is 2.18 bits per heavy atom. The molecule has 0 aliphatic rings. The zero-order valence-corrected chi connectivity index (χ0v) is 12.3. The Morgan fingerprint density at radius 2 is 1.68 bits per heavy atom. The van der Waals surface area contributed by atoms with Gasteiger partial charge in [0.15, 0.2) is 0 Å². The Hall–Kier alpha value is -2.25. The van der Waals surface area contributed by atoms with Crippen molar-refractivity contribution >= 4 is 11.9 Å². The molecule has 0 radical (unpaired) electrons. The lowest BCUT2D eigenvalue weighted by molar-refractivity contribution is -0.137. The summed E-state index contributed by atoms with van der Waals surface area (Å²) in [6.45, 7) is 0.293. The Bertz CT molecular complexity index is 513. The largest absolute Gasteiger partial charge is 0.416 e. The van der Waals surface area contributed by atoms with Crippen LogP contribution in [0.15, 0.2) is 24.3 Å². The highest BCUT2D eigenvalue weighted by Crippen LogP contribution is 2.28. The van der Waals surface area contributed by atoms with Crippen molar-refractivity contribution in [2.75, 3.05) is 20.6 Å². The number of hydrogen-bond donors (Lipinski definition) is 2. The van der Waals surface area contributed by atoms with Crippen LogP contribution in [-0.2, 0) is 17.5 Å². The molecule has 0 unspecified atom stereocenters. The van der Waals surface area contributed by atoms with Gasteiger partial charge in [0.25, 0.3) is 0 Å². The van der Waals surface area contributed by atoms with Gasteiger partial charge in [-0.1, -0.05) is 12.1 Å². The minimum atomic E-state index is -4.37. The molecule has 0 spiro atoms. The number of alkyl halides is 3. The van der Waals surface area contributed by atoms with Crippen molar-refractivity contribution in [2.45, 2.75) is 19.1 Å². The molecule has 8 heteroatoms. The highest BCUT2D eigenvalue weighted by molar-refractivity contribution is 5.77. The number of carbonyl (C=O) groups is 2. The summed E-state index contributed by atoms with van der Waals surface area (Å²) in [5, 5.41) is 5.00. The van der Waals surface area contributed by atoms with Gasteiger partial charge in [-0.2, -0.15) is 13.2 Å². The number of hydrogen-bond acceptors (Lipinski definition) is 2. The third-order valence-corrected chi connectivity index (χ3v) is 2.86. The van der Waals surface area contributed by atoms with Crippen LogP contribution >= 0.6 is 0 Å². The summed E-state index contributed by atoms with van der Waals surface area (Å²) in [7, 11) is 3.24. The van der Waals surface area contributed by atoms with Gasteiger partial charge in [-0.15, -0.1) is 0 Å². The molecule has 0 saturated carbocycles. The van der Waals surface area contributed by atoms with E-state index in [0.717, 1.165) is 12.1 Å². The zero-order chi connectivity index (χ0) is 16.8. The third kappa shape index (κ3) is 6.02. The van der Waals surface area contributed by atoms with Crippen LogP contribution in [0.2, 0.25) is 0 Å². The van der Waals surface area contributed by atoms with E-state index in [1.54, 1.807) is 14.1 Å². The highest BCUT2D eigenvalue weighted by atomic mass is 19.4. The van der Waals surface area contributed by atoms with Crippen molar-refractivity contribution in [3.63, 3.8) is 0 Å². The van der Waals surface area contributed by atoms with Crippen LogP contribution in [0.3, 0.4) is 0 Å². The van der Waals surface area contributed by atoms with Crippen LogP contribution in [0.25, 0.3) is 0 Å². The zero-order valence-electron chi connectivity index (χ0n) is 12.3. The van der Waals surface area contributed by atoms with Crippen LogP contribution in [0.1, 0.15) is 17.5 Å². The molecule has 0 fully saturated rings. The maximum absolute atomic E-state index is 12.4. The smallest absolute Gasteiger partial charge is 0.349 e. The van der Waals surface area contributed by atoms with E-state index >= 15 is 0 Å². The van der Waals surface area contributed by atoms with E-state index in [1.807, 2.05) is 0 Å². The highest BCUT2D eigenvalue weighted by Gasteiger charge is 2.29. The summed E-state index contributed by atoms with van der Waals surface area (Å²) < 4.78 is 37.2. The number of urea groups is 1. The van der Waals surface area contributed by atoms with Crippen molar-refractivity contribution in [1.82, 2.24) is 15.5 Å². The summed E-state index contributed by atoms with van der Waals surface area (Å²) in [5.74, 6) is -0.108. The lowest BCUT2D eigenvalue weighted by atomic mass is 10.1. The second-order valence-electron chi connectivity index (χ2n) is 4.84. The number of nitrogens with one attached hydrogen (secondary N) is 2. The molecule has 0 bridgehead atoms. The maximum atomic E-state index is 12.4. The average Bonchev–Trinajstić information content (AvgIpc) is 2.44. The lowest BCUT2D eigenvalue weighted by Gasteiger charge is -2.11. The van der Waals surface area contributed by atoms with Gasteiger partial charge in [-0.05, 0) is 17.7 Å². The lowest BCUT2D eigenvalue weighted by Crippen LogP contribution is -2.37. The van der Waals surface area contributed by atoms with Crippen LogP contribution in [0, 0.1) is 0 Å². The summed E-state index contributed by atoms with van der Waals surface area (Å²) in [6.07, 6.45) is -4.19. The van der Waals surface area contributed by atoms with Gasteiger partial charge >= 0.3 is 12.2 Å². The van der Waals surface area contributed by atoms with Crippen LogP contribution < -0.4 is 10.6 Å². The molecular weight excluding hydrogens is 299 g/mol. The van der Waals surface area contributed by atoms with E-state index in [4.69, 9.17) is 0 Å². The number of halogens is 3. The first-order valence-corrected chi connectivity index (χ1v) is 6.58. The Morgan fingerprint density at radius 1 is 1.09 bits per heavy atom. The van der Waals surface area contributed by atoms with E-state index in [-0.39, 0.29) is 25.4 Å². The Balaban J connectivity index is 2.34. The topological polar surface area (TPSA) is 61.4 Å². The molecule has 1 aromatic rings. The molecule has 122 valence electrons. The third-order valence-electron chi connectivity index (χ3n) is 2.86. The molecule has 0 aliphatic carbocycles. The molecule has 2 N–H and O–H groups in total. The van der Waals surface area contributed by atoms with E-state index in [0.29, 0.717) is 5.56 Å². The first kappa shape index (κ1) is 17.8. The number of amides is 3. The predicted molar refractivity (Wildman–Crippen MR) is 75.0 cm³/mol.